The molecule has 5 nitrogen and oxygen atoms in total. The minimum Gasteiger partial charge on any atom is -0.508 e. The Morgan fingerprint density at radius 2 is 2.05 bits per heavy atom. The van der Waals surface area contributed by atoms with Gasteiger partial charge in [0.25, 0.3) is 0 Å². The minimum absolute atomic E-state index is 0.0683. The van der Waals surface area contributed by atoms with Crippen LogP contribution in [0.25, 0.3) is 0 Å². The fourth-order valence-electron chi connectivity index (χ4n) is 1.81. The second-order valence-electron chi connectivity index (χ2n) is 4.81. The Morgan fingerprint density at radius 1 is 1.37 bits per heavy atom. The maximum absolute atomic E-state index is 11.5. The van der Waals surface area contributed by atoms with E-state index in [-0.39, 0.29) is 17.8 Å². The van der Waals surface area contributed by atoms with Crippen molar-refractivity contribution in [1.29, 1.82) is 0 Å². The molecule has 0 unspecified atom stereocenters. The van der Waals surface area contributed by atoms with E-state index in [4.69, 9.17) is 19.3 Å². The second-order valence-corrected chi connectivity index (χ2v) is 4.81. The van der Waals surface area contributed by atoms with Crippen LogP contribution in [0.1, 0.15) is 13.3 Å². The molecule has 1 aromatic carbocycles. The summed E-state index contributed by atoms with van der Waals surface area (Å²) in [5, 5.41) is 9.11. The van der Waals surface area contributed by atoms with Crippen molar-refractivity contribution < 1.29 is 24.1 Å². The van der Waals surface area contributed by atoms with Gasteiger partial charge in [-0.3, -0.25) is 0 Å². The fourth-order valence-corrected chi connectivity index (χ4v) is 1.81. The van der Waals surface area contributed by atoms with Crippen LogP contribution in [0.5, 0.6) is 11.5 Å². The van der Waals surface area contributed by atoms with Gasteiger partial charge in [0.1, 0.15) is 18.1 Å². The van der Waals surface area contributed by atoms with Crippen molar-refractivity contribution in [3.05, 3.63) is 24.3 Å². The third-order valence-electron chi connectivity index (χ3n) is 3.26. The van der Waals surface area contributed by atoms with Gasteiger partial charge in [-0.1, -0.05) is 6.92 Å². The standard InChI is InChI=1S/C14H18O5/c1-2-14(9-18-10-14)8-17-7-13(16)19-12-5-3-11(15)4-6-12/h3-6,15H,2,7-10H2,1H3. The molecule has 0 atom stereocenters. The number of ether oxygens (including phenoxy) is 3. The summed E-state index contributed by atoms with van der Waals surface area (Å²) < 4.78 is 15.6. The maximum atomic E-state index is 11.5. The highest BCUT2D eigenvalue weighted by molar-refractivity contribution is 5.73. The van der Waals surface area contributed by atoms with Crippen molar-refractivity contribution in [2.75, 3.05) is 26.4 Å². The molecule has 19 heavy (non-hydrogen) atoms. The number of carbonyl (C=O) groups is 1. The van der Waals surface area contributed by atoms with Crippen molar-refractivity contribution >= 4 is 5.97 Å². The smallest absolute Gasteiger partial charge is 0.337 e. The van der Waals surface area contributed by atoms with Crippen LogP contribution in [0.15, 0.2) is 24.3 Å². The third-order valence-corrected chi connectivity index (χ3v) is 3.26. The summed E-state index contributed by atoms with van der Waals surface area (Å²) in [6.45, 7) is 3.89. The van der Waals surface area contributed by atoms with Crippen molar-refractivity contribution in [2.45, 2.75) is 13.3 Å². The predicted octanol–water partition coefficient (Wildman–Crippen LogP) is 1.74. The number of phenolic OH excluding ortho intramolecular Hbond substituents is 1. The Balaban J connectivity index is 1.71. The van der Waals surface area contributed by atoms with Gasteiger partial charge in [0, 0.05) is 5.41 Å². The minimum atomic E-state index is -0.447. The Bertz CT molecular complexity index is 416. The molecule has 2 rings (SSSR count). The number of hydrogen-bond acceptors (Lipinski definition) is 5. The van der Waals surface area contributed by atoms with E-state index < -0.39 is 5.97 Å². The van der Waals surface area contributed by atoms with E-state index in [1.165, 1.54) is 24.3 Å². The number of phenols is 1. The van der Waals surface area contributed by atoms with Gasteiger partial charge in [0.15, 0.2) is 0 Å². The first-order valence-electron chi connectivity index (χ1n) is 6.29. The molecule has 1 saturated heterocycles. The van der Waals surface area contributed by atoms with E-state index in [1.807, 2.05) is 0 Å². The third kappa shape index (κ3) is 3.68. The van der Waals surface area contributed by atoms with Crippen molar-refractivity contribution in [3.8, 4) is 11.5 Å². The zero-order chi connectivity index (χ0) is 13.7. The number of hydrogen-bond donors (Lipinski definition) is 1. The number of esters is 1. The molecular formula is C14H18O5. The highest BCUT2D eigenvalue weighted by atomic mass is 16.6. The number of benzene rings is 1. The van der Waals surface area contributed by atoms with Crippen molar-refractivity contribution in [1.82, 2.24) is 0 Å². The molecule has 0 radical (unpaired) electrons. The fraction of sp³-hybridized carbons (Fsp3) is 0.500. The zero-order valence-electron chi connectivity index (χ0n) is 10.9. The van der Waals surface area contributed by atoms with Crippen molar-refractivity contribution in [2.24, 2.45) is 5.41 Å². The maximum Gasteiger partial charge on any atom is 0.337 e. The molecule has 0 bridgehead atoms. The van der Waals surface area contributed by atoms with Crippen LogP contribution in [0.3, 0.4) is 0 Å². The van der Waals surface area contributed by atoms with Gasteiger partial charge in [-0.15, -0.1) is 0 Å². The average molecular weight is 266 g/mol. The lowest BCUT2D eigenvalue weighted by molar-refractivity contribution is -0.160. The monoisotopic (exact) mass is 266 g/mol. The predicted molar refractivity (Wildman–Crippen MR) is 68.1 cm³/mol. The van der Waals surface area contributed by atoms with E-state index in [2.05, 4.69) is 6.92 Å². The van der Waals surface area contributed by atoms with E-state index in [9.17, 15) is 4.79 Å². The Hall–Kier alpha value is -1.59. The van der Waals surface area contributed by atoms with Crippen molar-refractivity contribution in [3.63, 3.8) is 0 Å². The van der Waals surface area contributed by atoms with Crippen LogP contribution in [-0.4, -0.2) is 37.5 Å². The lowest BCUT2D eigenvalue weighted by atomic mass is 9.84. The van der Waals surface area contributed by atoms with Crippen LogP contribution < -0.4 is 4.74 Å². The average Bonchev–Trinajstić information content (AvgIpc) is 2.35. The molecule has 1 heterocycles. The topological polar surface area (TPSA) is 65.0 Å². The summed E-state index contributed by atoms with van der Waals surface area (Å²) >= 11 is 0. The SMILES string of the molecule is CCC1(COCC(=O)Oc2ccc(O)cc2)COC1. The van der Waals surface area contributed by atoms with Crippen LogP contribution in [0, 0.1) is 5.41 Å². The summed E-state index contributed by atoms with van der Waals surface area (Å²) in [7, 11) is 0. The summed E-state index contributed by atoms with van der Waals surface area (Å²) in [5.41, 5.74) is 0.0683. The van der Waals surface area contributed by atoms with Gasteiger partial charge < -0.3 is 19.3 Å². The van der Waals surface area contributed by atoms with E-state index in [0.29, 0.717) is 25.6 Å². The molecule has 0 aromatic heterocycles. The first kappa shape index (κ1) is 13.8. The molecule has 1 aliphatic rings. The van der Waals surface area contributed by atoms with Crippen LogP contribution in [-0.2, 0) is 14.3 Å². The molecule has 5 heteroatoms. The Labute approximate surface area is 112 Å². The number of carbonyl (C=O) groups excluding carboxylic acids is 1. The first-order valence-corrected chi connectivity index (χ1v) is 6.29. The van der Waals surface area contributed by atoms with E-state index >= 15 is 0 Å². The Morgan fingerprint density at radius 3 is 2.58 bits per heavy atom. The van der Waals surface area contributed by atoms with Gasteiger partial charge >= 0.3 is 5.97 Å². The zero-order valence-corrected chi connectivity index (χ0v) is 10.9. The van der Waals surface area contributed by atoms with Gasteiger partial charge in [0.2, 0.25) is 0 Å². The van der Waals surface area contributed by atoms with Gasteiger partial charge in [-0.05, 0) is 30.7 Å². The second kappa shape index (κ2) is 6.04. The molecule has 0 saturated carbocycles. The summed E-state index contributed by atoms with van der Waals surface area (Å²) in [4.78, 5) is 11.5. The molecule has 1 fully saturated rings. The van der Waals surface area contributed by atoms with Crippen LogP contribution in [0.2, 0.25) is 0 Å². The molecule has 1 aliphatic heterocycles. The summed E-state index contributed by atoms with van der Waals surface area (Å²) in [6, 6.07) is 5.98. The van der Waals surface area contributed by atoms with Gasteiger partial charge in [0.05, 0.1) is 19.8 Å². The molecule has 0 spiro atoms. The largest absolute Gasteiger partial charge is 0.508 e. The molecule has 0 amide bonds. The molecule has 0 aliphatic carbocycles. The lowest BCUT2D eigenvalue weighted by Gasteiger charge is -2.40. The van der Waals surface area contributed by atoms with E-state index in [1.54, 1.807) is 0 Å². The van der Waals surface area contributed by atoms with E-state index in [0.717, 1.165) is 6.42 Å². The molecule has 1 aromatic rings. The molecule has 104 valence electrons. The molecular weight excluding hydrogens is 248 g/mol. The summed E-state index contributed by atoms with van der Waals surface area (Å²) in [6.07, 6.45) is 0.972. The van der Waals surface area contributed by atoms with Crippen LogP contribution in [0.4, 0.5) is 0 Å². The van der Waals surface area contributed by atoms with Gasteiger partial charge in [-0.2, -0.15) is 0 Å². The molecule has 1 N–H and O–H groups in total. The highest BCUT2D eigenvalue weighted by Gasteiger charge is 2.37. The Kier molecular flexibility index (Phi) is 4.39. The quantitative estimate of drug-likeness (QED) is 0.627. The lowest BCUT2D eigenvalue weighted by Crippen LogP contribution is -2.46. The highest BCUT2D eigenvalue weighted by Crippen LogP contribution is 2.31. The first-order chi connectivity index (χ1) is 9.13. The summed E-state index contributed by atoms with van der Waals surface area (Å²) in [5.74, 6) is 0.0756. The number of aromatic hydroxyl groups is 1. The van der Waals surface area contributed by atoms with Crippen LogP contribution >= 0.6 is 0 Å². The van der Waals surface area contributed by atoms with Gasteiger partial charge in [-0.25, -0.2) is 4.79 Å². The number of rotatable bonds is 6. The normalized spacial score (nSPS) is 16.7.